The lowest BCUT2D eigenvalue weighted by Crippen LogP contribution is -1.90. The van der Waals surface area contributed by atoms with Crippen LogP contribution in [0.4, 0.5) is 0 Å². The van der Waals surface area contributed by atoms with Crippen molar-refractivity contribution in [3.63, 3.8) is 0 Å². The van der Waals surface area contributed by atoms with Gasteiger partial charge in [-0.25, -0.2) is 0 Å². The average Bonchev–Trinajstić information content (AvgIpc) is 2.59. The van der Waals surface area contributed by atoms with E-state index in [0.717, 1.165) is 6.42 Å². The van der Waals surface area contributed by atoms with Gasteiger partial charge >= 0.3 is 0 Å². The predicted molar refractivity (Wildman–Crippen MR) is 109 cm³/mol. The van der Waals surface area contributed by atoms with Crippen LogP contribution in [0, 0.1) is 0 Å². The molecule has 0 aromatic heterocycles. The molecular weight excluding hydrogens is 312 g/mol. The molecule has 0 radical (unpaired) electrons. The molecule has 0 aliphatic rings. The van der Waals surface area contributed by atoms with E-state index in [1.165, 1.54) is 93.3 Å². The van der Waals surface area contributed by atoms with Crippen LogP contribution in [0.15, 0.2) is 23.1 Å². The summed E-state index contributed by atoms with van der Waals surface area (Å²) in [5.74, 6) is 1.62. The number of aryl methyl sites for hydroxylation is 1. The molecule has 1 N–H and O–H groups in total. The second-order valence-corrected chi connectivity index (χ2v) is 8.06. The van der Waals surface area contributed by atoms with E-state index in [-0.39, 0.29) is 0 Å². The van der Waals surface area contributed by atoms with Crippen molar-refractivity contribution in [2.45, 2.75) is 102 Å². The van der Waals surface area contributed by atoms with Crippen LogP contribution in [0.5, 0.6) is 5.75 Å². The van der Waals surface area contributed by atoms with Crippen LogP contribution in [-0.2, 0) is 6.42 Å². The fourth-order valence-corrected chi connectivity index (χ4v) is 4.12. The number of unbranched alkanes of at least 4 members (excludes halogenated alkanes) is 10. The summed E-state index contributed by atoms with van der Waals surface area (Å²) in [6.07, 6.45) is 17.5. The lowest BCUT2D eigenvalue weighted by atomic mass is 10.1. The smallest absolute Gasteiger partial charge is 0.115 e. The largest absolute Gasteiger partial charge is 0.508 e. The highest BCUT2D eigenvalue weighted by atomic mass is 32.2. The summed E-state index contributed by atoms with van der Waals surface area (Å²) in [4.78, 5) is 1.37. The van der Waals surface area contributed by atoms with Gasteiger partial charge < -0.3 is 5.11 Å². The minimum Gasteiger partial charge on any atom is -0.508 e. The Kier molecular flexibility index (Phi) is 13.1. The third-order valence-electron chi connectivity index (χ3n) is 4.60. The first-order valence-corrected chi connectivity index (χ1v) is 11.2. The van der Waals surface area contributed by atoms with Crippen LogP contribution in [0.1, 0.15) is 96.5 Å². The van der Waals surface area contributed by atoms with Gasteiger partial charge in [0.1, 0.15) is 5.75 Å². The molecule has 0 fully saturated rings. The molecule has 0 saturated carbocycles. The van der Waals surface area contributed by atoms with E-state index in [4.69, 9.17) is 0 Å². The number of hydrogen-bond acceptors (Lipinski definition) is 2. The second-order valence-electron chi connectivity index (χ2n) is 6.93. The zero-order valence-corrected chi connectivity index (χ0v) is 16.8. The van der Waals surface area contributed by atoms with E-state index >= 15 is 0 Å². The highest BCUT2D eigenvalue weighted by molar-refractivity contribution is 7.99. The van der Waals surface area contributed by atoms with Gasteiger partial charge in [0.25, 0.3) is 0 Å². The van der Waals surface area contributed by atoms with Crippen LogP contribution >= 0.6 is 11.8 Å². The van der Waals surface area contributed by atoms with Crippen molar-refractivity contribution in [3.8, 4) is 5.75 Å². The van der Waals surface area contributed by atoms with E-state index in [2.05, 4.69) is 19.9 Å². The van der Waals surface area contributed by atoms with Crippen LogP contribution in [0.3, 0.4) is 0 Å². The molecule has 0 aliphatic carbocycles. The van der Waals surface area contributed by atoms with Crippen LogP contribution < -0.4 is 0 Å². The minimum absolute atomic E-state index is 0.407. The third-order valence-corrected chi connectivity index (χ3v) is 5.80. The second kappa shape index (κ2) is 14.7. The van der Waals surface area contributed by atoms with Gasteiger partial charge in [0, 0.05) is 4.90 Å². The fraction of sp³-hybridized carbons (Fsp3) is 0.727. The summed E-state index contributed by atoms with van der Waals surface area (Å²) in [7, 11) is 0. The number of thioether (sulfide) groups is 1. The van der Waals surface area contributed by atoms with Crippen molar-refractivity contribution >= 4 is 11.8 Å². The lowest BCUT2D eigenvalue weighted by molar-refractivity contribution is 0.473. The number of phenols is 1. The van der Waals surface area contributed by atoms with Gasteiger partial charge in [0.05, 0.1) is 0 Å². The summed E-state index contributed by atoms with van der Waals surface area (Å²) in [6, 6.07) is 5.88. The minimum atomic E-state index is 0.407. The fourth-order valence-electron chi connectivity index (χ4n) is 3.04. The monoisotopic (exact) mass is 350 g/mol. The summed E-state index contributed by atoms with van der Waals surface area (Å²) >= 11 is 1.97. The summed E-state index contributed by atoms with van der Waals surface area (Å²) in [6.45, 7) is 4.50. The van der Waals surface area contributed by atoms with E-state index < -0.39 is 0 Å². The Morgan fingerprint density at radius 2 is 1.33 bits per heavy atom. The highest BCUT2D eigenvalue weighted by Crippen LogP contribution is 2.28. The van der Waals surface area contributed by atoms with Crippen LogP contribution in [0.2, 0.25) is 0 Å². The maximum Gasteiger partial charge on any atom is 0.115 e. The SMILES string of the molecule is CCCCCCCCCCCCSc1ccc(O)cc1CCCC. The van der Waals surface area contributed by atoms with Gasteiger partial charge in [0.15, 0.2) is 0 Å². The van der Waals surface area contributed by atoms with Gasteiger partial charge in [-0.15, -0.1) is 11.8 Å². The topological polar surface area (TPSA) is 20.2 Å². The molecular formula is C22H38OS. The molecule has 1 nitrogen and oxygen atoms in total. The number of aromatic hydroxyl groups is 1. The molecule has 0 bridgehead atoms. The molecule has 1 aromatic rings. The van der Waals surface area contributed by atoms with Crippen molar-refractivity contribution in [1.82, 2.24) is 0 Å². The van der Waals surface area contributed by atoms with Gasteiger partial charge in [-0.05, 0) is 48.8 Å². The molecule has 1 rings (SSSR count). The molecule has 0 atom stereocenters. The standard InChI is InChI=1S/C22H38OS/c1-3-5-7-8-9-10-11-12-13-14-18-24-22-17-16-21(23)19-20(22)15-6-4-2/h16-17,19,23H,3-15,18H2,1-2H3. The highest BCUT2D eigenvalue weighted by Gasteiger charge is 2.04. The van der Waals surface area contributed by atoms with E-state index in [1.54, 1.807) is 0 Å². The quantitative estimate of drug-likeness (QED) is 0.258. The Bertz CT molecular complexity index is 416. The first-order chi connectivity index (χ1) is 11.8. The number of rotatable bonds is 15. The van der Waals surface area contributed by atoms with Crippen LogP contribution in [-0.4, -0.2) is 10.9 Å². The molecule has 2 heteroatoms. The normalized spacial score (nSPS) is 11.1. The lowest BCUT2D eigenvalue weighted by Gasteiger charge is -2.09. The maximum atomic E-state index is 9.69. The third kappa shape index (κ3) is 10.3. The molecule has 138 valence electrons. The van der Waals surface area contributed by atoms with E-state index in [1.807, 2.05) is 23.9 Å². The van der Waals surface area contributed by atoms with Gasteiger partial charge in [-0.1, -0.05) is 78.1 Å². The first-order valence-electron chi connectivity index (χ1n) is 10.2. The molecule has 0 unspecified atom stereocenters. The van der Waals surface area contributed by atoms with E-state index in [0.29, 0.717) is 5.75 Å². The van der Waals surface area contributed by atoms with Crippen molar-refractivity contribution in [3.05, 3.63) is 23.8 Å². The maximum absolute atomic E-state index is 9.69. The predicted octanol–water partition coefficient (Wildman–Crippen LogP) is 7.75. The Hall–Kier alpha value is -0.630. The zero-order chi connectivity index (χ0) is 17.5. The molecule has 0 heterocycles. The van der Waals surface area contributed by atoms with Crippen molar-refractivity contribution < 1.29 is 5.11 Å². The zero-order valence-electron chi connectivity index (χ0n) is 16.0. The molecule has 0 saturated heterocycles. The van der Waals surface area contributed by atoms with Crippen molar-refractivity contribution in [2.24, 2.45) is 0 Å². The van der Waals surface area contributed by atoms with Crippen LogP contribution in [0.25, 0.3) is 0 Å². The summed E-state index contributed by atoms with van der Waals surface area (Å²) in [5.41, 5.74) is 1.33. The molecule has 0 spiro atoms. The Balaban J connectivity index is 2.08. The van der Waals surface area contributed by atoms with E-state index in [9.17, 15) is 5.11 Å². The number of hydrogen-bond donors (Lipinski definition) is 1. The first kappa shape index (κ1) is 21.4. The molecule has 24 heavy (non-hydrogen) atoms. The van der Waals surface area contributed by atoms with Gasteiger partial charge in [0.2, 0.25) is 0 Å². The summed E-state index contributed by atoms with van der Waals surface area (Å²) in [5, 5.41) is 9.69. The summed E-state index contributed by atoms with van der Waals surface area (Å²) < 4.78 is 0. The Morgan fingerprint density at radius 3 is 1.96 bits per heavy atom. The molecule has 1 aromatic carbocycles. The van der Waals surface area contributed by atoms with Gasteiger partial charge in [-0.2, -0.15) is 0 Å². The molecule has 0 aliphatic heterocycles. The van der Waals surface area contributed by atoms with Gasteiger partial charge in [-0.3, -0.25) is 0 Å². The number of benzene rings is 1. The number of phenolic OH excluding ortho intramolecular Hbond substituents is 1. The Morgan fingerprint density at radius 1 is 0.750 bits per heavy atom. The van der Waals surface area contributed by atoms with Crippen molar-refractivity contribution in [2.75, 3.05) is 5.75 Å². The average molecular weight is 351 g/mol. The van der Waals surface area contributed by atoms with Crippen molar-refractivity contribution in [1.29, 1.82) is 0 Å². The molecule has 0 amide bonds. The Labute approximate surface area is 154 Å².